The highest BCUT2D eigenvalue weighted by Crippen LogP contribution is 2.44. The molecule has 1 saturated heterocycles. The molecule has 2 atom stereocenters. The van der Waals surface area contributed by atoms with E-state index >= 15 is 0 Å². The maximum atomic E-state index is 12.8. The van der Waals surface area contributed by atoms with Crippen molar-refractivity contribution in [3.8, 4) is 0 Å². The van der Waals surface area contributed by atoms with Crippen LogP contribution in [-0.2, 0) is 20.7 Å². The van der Waals surface area contributed by atoms with Gasteiger partial charge in [0.25, 0.3) is 5.69 Å². The maximum absolute atomic E-state index is 12.8. The monoisotopic (exact) mass is 406 g/mol. The second-order valence-corrected chi connectivity index (χ2v) is 6.96. The normalized spacial score (nSPS) is 22.9. The minimum Gasteiger partial charge on any atom is -0.480 e. The first-order valence-electron chi connectivity index (χ1n) is 9.17. The molecule has 0 unspecified atom stereocenters. The Balaban J connectivity index is 2.12. The molecule has 1 aromatic rings. The number of carbonyl (C=O) groups is 3. The molecule has 2 aliphatic rings. The molecule has 2 N–H and O–H groups in total. The van der Waals surface area contributed by atoms with Crippen LogP contribution in [0.2, 0.25) is 0 Å². The summed E-state index contributed by atoms with van der Waals surface area (Å²) in [6, 6.07) is 3.37. The number of non-ortho nitro benzene ring substituents is 1. The zero-order valence-corrected chi connectivity index (χ0v) is 16.1. The number of hydrogen-bond donors (Lipinski definition) is 2. The van der Waals surface area contributed by atoms with Crippen LogP contribution in [0.5, 0.6) is 0 Å². The molecule has 0 aromatic heterocycles. The van der Waals surface area contributed by atoms with Gasteiger partial charge in [0.2, 0.25) is 5.91 Å². The summed E-state index contributed by atoms with van der Waals surface area (Å²) in [5.74, 6) is -2.07. The van der Waals surface area contributed by atoms with Gasteiger partial charge in [0, 0.05) is 50.9 Å². The Morgan fingerprint density at radius 3 is 2.69 bits per heavy atom. The molecule has 156 valence electrons. The number of ether oxygens (including phenoxy) is 1. The predicted molar refractivity (Wildman–Crippen MR) is 101 cm³/mol. The van der Waals surface area contributed by atoms with Gasteiger partial charge in [0.15, 0.2) is 5.41 Å². The quantitative estimate of drug-likeness (QED) is 0.421. The molecular formula is C18H22N4O7. The summed E-state index contributed by atoms with van der Waals surface area (Å²) in [4.78, 5) is 51.2. The Morgan fingerprint density at radius 2 is 2.10 bits per heavy atom. The molecule has 3 rings (SSSR count). The van der Waals surface area contributed by atoms with Gasteiger partial charge in [-0.05, 0) is 18.6 Å². The first-order chi connectivity index (χ1) is 13.8. The zero-order valence-electron chi connectivity index (χ0n) is 16.1. The van der Waals surface area contributed by atoms with Crippen molar-refractivity contribution in [2.24, 2.45) is 5.41 Å². The lowest BCUT2D eigenvalue weighted by atomic mass is 9.69. The molecule has 11 heteroatoms. The van der Waals surface area contributed by atoms with Gasteiger partial charge in [0.05, 0.1) is 17.6 Å². The number of benzene rings is 1. The predicted octanol–water partition coefficient (Wildman–Crippen LogP) is 0.615. The van der Waals surface area contributed by atoms with Crippen molar-refractivity contribution in [3.05, 3.63) is 33.9 Å². The molecule has 0 spiro atoms. The second kappa shape index (κ2) is 7.57. The molecule has 0 aliphatic carbocycles. The SMILES string of the molecule is CCOC(=O)N1CCN2c3ccc([N+](=O)[O-])cc3C[C@](C(=O)O)(C(=O)NC)[C@@H]2C1. The summed E-state index contributed by atoms with van der Waals surface area (Å²) >= 11 is 0. The topological polar surface area (TPSA) is 142 Å². The molecule has 29 heavy (non-hydrogen) atoms. The van der Waals surface area contributed by atoms with Crippen LogP contribution >= 0.6 is 0 Å². The van der Waals surface area contributed by atoms with Gasteiger partial charge in [-0.2, -0.15) is 0 Å². The number of piperazine rings is 1. The second-order valence-electron chi connectivity index (χ2n) is 6.96. The van der Waals surface area contributed by atoms with E-state index in [1.807, 2.05) is 0 Å². The number of carboxylic acids is 1. The van der Waals surface area contributed by atoms with Crippen molar-refractivity contribution in [2.75, 3.05) is 38.2 Å². The lowest BCUT2D eigenvalue weighted by Gasteiger charge is -2.52. The Morgan fingerprint density at radius 1 is 1.38 bits per heavy atom. The molecular weight excluding hydrogens is 384 g/mol. The van der Waals surface area contributed by atoms with Crippen LogP contribution in [0, 0.1) is 15.5 Å². The van der Waals surface area contributed by atoms with Crippen molar-refractivity contribution in [1.82, 2.24) is 10.2 Å². The van der Waals surface area contributed by atoms with Crippen LogP contribution in [-0.4, -0.2) is 72.2 Å². The maximum Gasteiger partial charge on any atom is 0.409 e. The summed E-state index contributed by atoms with van der Waals surface area (Å²) < 4.78 is 5.03. The average Bonchev–Trinajstić information content (AvgIpc) is 2.71. The van der Waals surface area contributed by atoms with Crippen LogP contribution in [0.3, 0.4) is 0 Å². The molecule has 1 aromatic carbocycles. The number of carboxylic acid groups (broad SMARTS) is 1. The number of nitro benzene ring substituents is 1. The van der Waals surface area contributed by atoms with Crippen molar-refractivity contribution in [3.63, 3.8) is 0 Å². The van der Waals surface area contributed by atoms with Crippen LogP contribution in [0.4, 0.5) is 16.2 Å². The van der Waals surface area contributed by atoms with Gasteiger partial charge < -0.3 is 25.0 Å². The molecule has 0 saturated carbocycles. The highest BCUT2D eigenvalue weighted by molar-refractivity contribution is 6.04. The minimum atomic E-state index is -1.91. The third-order valence-corrected chi connectivity index (χ3v) is 5.54. The molecule has 1 fully saturated rings. The van der Waals surface area contributed by atoms with E-state index in [4.69, 9.17) is 4.74 Å². The third-order valence-electron chi connectivity index (χ3n) is 5.54. The molecule has 0 bridgehead atoms. The van der Waals surface area contributed by atoms with Crippen LogP contribution in [0.1, 0.15) is 12.5 Å². The molecule has 0 radical (unpaired) electrons. The molecule has 2 amide bonds. The van der Waals surface area contributed by atoms with Gasteiger partial charge >= 0.3 is 12.1 Å². The van der Waals surface area contributed by atoms with Gasteiger partial charge in [0.1, 0.15) is 0 Å². The summed E-state index contributed by atoms with van der Waals surface area (Å²) in [5.41, 5.74) is -1.05. The first-order valence-corrected chi connectivity index (χ1v) is 9.17. The standard InChI is InChI=1S/C18H22N4O7/c1-3-29-17(26)20-6-7-21-13-5-4-12(22(27)28)8-11(13)9-18(16(24)25,14(21)10-20)15(23)19-2/h4-5,8,14H,3,6-7,9-10H2,1-2H3,(H,19,23)(H,24,25)/t14-,18+/m0/s1. The van der Waals surface area contributed by atoms with Gasteiger partial charge in [-0.25, -0.2) is 4.79 Å². The van der Waals surface area contributed by atoms with E-state index in [2.05, 4.69) is 5.32 Å². The Labute approximate surface area is 166 Å². The number of fused-ring (bicyclic) bond motifs is 3. The molecule has 2 heterocycles. The Kier molecular flexibility index (Phi) is 5.31. The third kappa shape index (κ3) is 3.22. The van der Waals surface area contributed by atoms with Gasteiger partial charge in [-0.3, -0.25) is 19.7 Å². The fraction of sp³-hybridized carbons (Fsp3) is 0.500. The molecule has 2 aliphatic heterocycles. The van der Waals surface area contributed by atoms with E-state index in [1.54, 1.807) is 17.9 Å². The van der Waals surface area contributed by atoms with Crippen LogP contribution < -0.4 is 10.2 Å². The number of nitrogens with zero attached hydrogens (tertiary/aromatic N) is 3. The van der Waals surface area contributed by atoms with Crippen molar-refractivity contribution in [2.45, 2.75) is 19.4 Å². The van der Waals surface area contributed by atoms with Crippen molar-refractivity contribution in [1.29, 1.82) is 0 Å². The van der Waals surface area contributed by atoms with Crippen molar-refractivity contribution < 1.29 is 29.2 Å². The van der Waals surface area contributed by atoms with E-state index < -0.39 is 34.3 Å². The largest absolute Gasteiger partial charge is 0.480 e. The van der Waals surface area contributed by atoms with E-state index in [1.165, 1.54) is 24.1 Å². The van der Waals surface area contributed by atoms with Gasteiger partial charge in [-0.15, -0.1) is 0 Å². The fourth-order valence-electron chi connectivity index (χ4n) is 4.17. The minimum absolute atomic E-state index is 0.0189. The van der Waals surface area contributed by atoms with E-state index in [0.717, 1.165) is 0 Å². The summed E-state index contributed by atoms with van der Waals surface area (Å²) in [5, 5.41) is 23.7. The Bertz CT molecular complexity index is 874. The average molecular weight is 406 g/mol. The number of carbonyl (C=O) groups excluding carboxylic acids is 2. The summed E-state index contributed by atoms with van der Waals surface area (Å²) in [6.45, 7) is 2.37. The zero-order chi connectivity index (χ0) is 21.3. The number of hydrogen-bond acceptors (Lipinski definition) is 7. The number of anilines is 1. The lowest BCUT2D eigenvalue weighted by Crippen LogP contribution is -2.69. The molecule has 11 nitrogen and oxygen atoms in total. The smallest absolute Gasteiger partial charge is 0.409 e. The van der Waals surface area contributed by atoms with Crippen LogP contribution in [0.25, 0.3) is 0 Å². The van der Waals surface area contributed by atoms with E-state index in [-0.39, 0.29) is 38.3 Å². The summed E-state index contributed by atoms with van der Waals surface area (Å²) in [6.07, 6.45) is -0.797. The van der Waals surface area contributed by atoms with E-state index in [0.29, 0.717) is 11.3 Å². The Hall–Kier alpha value is -3.37. The number of aliphatic carboxylic acids is 1. The van der Waals surface area contributed by atoms with Gasteiger partial charge in [-0.1, -0.05) is 0 Å². The number of nitrogens with one attached hydrogen (secondary N) is 1. The first kappa shape index (κ1) is 20.4. The van der Waals surface area contributed by atoms with E-state index in [9.17, 15) is 29.6 Å². The highest BCUT2D eigenvalue weighted by Gasteiger charge is 2.59. The number of amides is 2. The fourth-order valence-corrected chi connectivity index (χ4v) is 4.17. The number of rotatable bonds is 4. The highest BCUT2D eigenvalue weighted by atomic mass is 16.6. The summed E-state index contributed by atoms with van der Waals surface area (Å²) in [7, 11) is 1.34. The number of nitro groups is 1. The lowest BCUT2D eigenvalue weighted by molar-refractivity contribution is -0.384. The van der Waals surface area contributed by atoms with Crippen molar-refractivity contribution >= 4 is 29.3 Å². The van der Waals surface area contributed by atoms with Crippen LogP contribution in [0.15, 0.2) is 18.2 Å².